The summed E-state index contributed by atoms with van der Waals surface area (Å²) in [5.74, 6) is -0.747. The number of likely N-dealkylation sites (tertiary alicyclic amines) is 1. The third kappa shape index (κ3) is 5.08. The van der Waals surface area contributed by atoms with Crippen LogP contribution in [0.5, 0.6) is 5.75 Å². The number of imide groups is 1. The molecule has 0 saturated carbocycles. The van der Waals surface area contributed by atoms with Crippen LogP contribution in [0.3, 0.4) is 0 Å². The molecule has 0 spiro atoms. The molecule has 34 heavy (non-hydrogen) atoms. The highest BCUT2D eigenvalue weighted by Gasteiger charge is 2.63. The zero-order valence-electron chi connectivity index (χ0n) is 20.3. The van der Waals surface area contributed by atoms with Crippen LogP contribution in [0.1, 0.15) is 69.2 Å². The Kier molecular flexibility index (Phi) is 7.97. The van der Waals surface area contributed by atoms with Crippen LogP contribution in [0.2, 0.25) is 0 Å². The molecular formula is C27H34N2O5. The summed E-state index contributed by atoms with van der Waals surface area (Å²) in [5, 5.41) is 12.4. The number of carbonyl (C=O) groups excluding carboxylic acids is 3. The number of amides is 3. The van der Waals surface area contributed by atoms with Crippen LogP contribution in [-0.2, 0) is 20.7 Å². The van der Waals surface area contributed by atoms with E-state index in [1.807, 2.05) is 52.0 Å². The Morgan fingerprint density at radius 3 is 2.24 bits per heavy atom. The lowest BCUT2D eigenvalue weighted by molar-refractivity contribution is -0.211. The summed E-state index contributed by atoms with van der Waals surface area (Å²) in [6.45, 7) is 7.77. The molecule has 7 nitrogen and oxygen atoms in total. The molecule has 1 aliphatic rings. The number of esters is 1. The number of ether oxygens (including phenoxy) is 1. The summed E-state index contributed by atoms with van der Waals surface area (Å²) in [4.78, 5) is 40.2. The van der Waals surface area contributed by atoms with Gasteiger partial charge >= 0.3 is 12.0 Å². The lowest BCUT2D eigenvalue weighted by atomic mass is 9.72. The van der Waals surface area contributed by atoms with Crippen LogP contribution in [0, 0.1) is 12.3 Å². The van der Waals surface area contributed by atoms with Crippen molar-refractivity contribution < 1.29 is 24.2 Å². The van der Waals surface area contributed by atoms with Gasteiger partial charge in [0, 0.05) is 0 Å². The topological polar surface area (TPSA) is 95.9 Å². The molecule has 2 atom stereocenters. The van der Waals surface area contributed by atoms with Crippen LogP contribution in [0.25, 0.3) is 0 Å². The van der Waals surface area contributed by atoms with Crippen molar-refractivity contribution in [3.05, 3.63) is 65.2 Å². The first-order valence-electron chi connectivity index (χ1n) is 11.9. The van der Waals surface area contributed by atoms with Gasteiger partial charge in [-0.15, -0.1) is 0 Å². The predicted octanol–water partition coefficient (Wildman–Crippen LogP) is 5.01. The number of nitrogens with zero attached hydrogens (tertiary/aromatic N) is 1. The van der Waals surface area contributed by atoms with Crippen LogP contribution < -0.4 is 5.32 Å². The molecule has 0 aliphatic carbocycles. The number of nitrogens with one attached hydrogen (secondary N) is 1. The summed E-state index contributed by atoms with van der Waals surface area (Å²) >= 11 is 0. The number of β-lactam (4-membered cyclic amide) rings is 1. The van der Waals surface area contributed by atoms with Crippen molar-refractivity contribution in [3.63, 3.8) is 0 Å². The molecule has 0 radical (unpaired) electrons. The van der Waals surface area contributed by atoms with Crippen molar-refractivity contribution in [1.29, 1.82) is 0 Å². The van der Waals surface area contributed by atoms with E-state index in [1.54, 1.807) is 12.1 Å². The van der Waals surface area contributed by atoms with Gasteiger partial charge in [-0.25, -0.2) is 9.69 Å². The van der Waals surface area contributed by atoms with E-state index in [0.717, 1.165) is 28.9 Å². The smallest absolute Gasteiger partial charge is 0.327 e. The molecule has 7 heteroatoms. The van der Waals surface area contributed by atoms with Crippen LogP contribution in [-0.4, -0.2) is 34.1 Å². The van der Waals surface area contributed by atoms with Gasteiger partial charge in [0.1, 0.15) is 11.2 Å². The molecule has 1 fully saturated rings. The molecule has 0 unspecified atom stereocenters. The second kappa shape index (κ2) is 10.7. The Balaban J connectivity index is 1.77. The lowest BCUT2D eigenvalue weighted by Gasteiger charge is -2.52. The first kappa shape index (κ1) is 25.3. The average Bonchev–Trinajstić information content (AvgIpc) is 2.81. The van der Waals surface area contributed by atoms with E-state index in [0.29, 0.717) is 18.4 Å². The second-order valence-corrected chi connectivity index (χ2v) is 8.93. The van der Waals surface area contributed by atoms with Crippen molar-refractivity contribution in [1.82, 2.24) is 10.2 Å². The van der Waals surface area contributed by atoms with E-state index in [9.17, 15) is 19.5 Å². The van der Waals surface area contributed by atoms with Gasteiger partial charge in [0.25, 0.3) is 0 Å². The van der Waals surface area contributed by atoms with Crippen molar-refractivity contribution in [2.24, 2.45) is 5.41 Å². The lowest BCUT2D eigenvalue weighted by Crippen LogP contribution is -2.73. The summed E-state index contributed by atoms with van der Waals surface area (Å²) in [6.07, 6.45) is 1.51. The van der Waals surface area contributed by atoms with Gasteiger partial charge in [-0.3, -0.25) is 9.59 Å². The molecule has 1 heterocycles. The normalized spacial score (nSPS) is 17.6. The highest BCUT2D eigenvalue weighted by Crippen LogP contribution is 2.46. The third-order valence-electron chi connectivity index (χ3n) is 6.72. The molecule has 3 amide bonds. The molecular weight excluding hydrogens is 432 g/mol. The summed E-state index contributed by atoms with van der Waals surface area (Å²) in [6, 6.07) is 13.4. The van der Waals surface area contributed by atoms with E-state index in [2.05, 4.69) is 5.32 Å². The molecule has 182 valence electrons. The standard InChI is InChI=1S/C27H34N2O5/c1-5-8-22(20-13-9-18(4)10-14-20)28-26(33)29-24(32)27(6-2,7-3)25(29)34-23(31)17-19-11-15-21(30)16-12-19/h9-16,22,25,30H,5-8,17H2,1-4H3,(H,28,33)/t22-,25+/m0/s1. The Hall–Kier alpha value is -3.35. The molecule has 1 aliphatic heterocycles. The number of phenolic OH excluding ortho intramolecular Hbond substituents is 1. The molecule has 2 N–H and O–H groups in total. The maximum Gasteiger partial charge on any atom is 0.327 e. The van der Waals surface area contributed by atoms with Crippen molar-refractivity contribution in [2.75, 3.05) is 0 Å². The van der Waals surface area contributed by atoms with Gasteiger partial charge < -0.3 is 15.2 Å². The number of aromatic hydroxyl groups is 1. The first-order valence-corrected chi connectivity index (χ1v) is 11.9. The maximum atomic E-state index is 13.2. The molecule has 3 rings (SSSR count). The average molecular weight is 467 g/mol. The zero-order chi connectivity index (χ0) is 24.9. The highest BCUT2D eigenvalue weighted by atomic mass is 16.6. The van der Waals surface area contributed by atoms with E-state index < -0.39 is 23.6 Å². The van der Waals surface area contributed by atoms with Gasteiger partial charge in [0.2, 0.25) is 5.91 Å². The van der Waals surface area contributed by atoms with Gasteiger partial charge in [0.05, 0.1) is 12.5 Å². The van der Waals surface area contributed by atoms with Gasteiger partial charge in [-0.05, 0) is 49.4 Å². The number of carbonyl (C=O) groups is 3. The van der Waals surface area contributed by atoms with Gasteiger partial charge in [0.15, 0.2) is 6.23 Å². The number of hydrogen-bond donors (Lipinski definition) is 2. The SMILES string of the molecule is CCC[C@H](NC(=O)N1C(=O)C(CC)(CC)[C@H]1OC(=O)Cc1ccc(O)cc1)c1ccc(C)cc1. The Bertz CT molecular complexity index is 1010. The number of phenols is 1. The van der Waals surface area contributed by atoms with Crippen LogP contribution in [0.4, 0.5) is 4.79 Å². The number of aryl methyl sites for hydroxylation is 1. The molecule has 2 aromatic carbocycles. The molecule has 1 saturated heterocycles. The van der Waals surface area contributed by atoms with E-state index >= 15 is 0 Å². The fourth-order valence-electron chi connectivity index (χ4n) is 4.47. The third-order valence-corrected chi connectivity index (χ3v) is 6.72. The predicted molar refractivity (Wildman–Crippen MR) is 129 cm³/mol. The van der Waals surface area contributed by atoms with Gasteiger partial charge in [-0.1, -0.05) is 69.2 Å². The minimum absolute atomic E-state index is 0.0221. The number of urea groups is 1. The number of benzene rings is 2. The summed E-state index contributed by atoms with van der Waals surface area (Å²) in [7, 11) is 0. The Morgan fingerprint density at radius 2 is 1.68 bits per heavy atom. The van der Waals surface area contributed by atoms with Crippen molar-refractivity contribution in [2.45, 2.75) is 72.1 Å². The molecule has 2 aromatic rings. The quantitative estimate of drug-likeness (QED) is 0.400. The largest absolute Gasteiger partial charge is 0.508 e. The minimum Gasteiger partial charge on any atom is -0.508 e. The Morgan fingerprint density at radius 1 is 1.06 bits per heavy atom. The fraction of sp³-hybridized carbons (Fsp3) is 0.444. The fourth-order valence-corrected chi connectivity index (χ4v) is 4.47. The molecule has 0 aromatic heterocycles. The van der Waals surface area contributed by atoms with E-state index in [-0.39, 0.29) is 24.1 Å². The van der Waals surface area contributed by atoms with Crippen LogP contribution >= 0.6 is 0 Å². The van der Waals surface area contributed by atoms with Crippen molar-refractivity contribution >= 4 is 17.9 Å². The molecule has 0 bridgehead atoms. The minimum atomic E-state index is -0.958. The van der Waals surface area contributed by atoms with Gasteiger partial charge in [-0.2, -0.15) is 0 Å². The Labute approximate surface area is 201 Å². The van der Waals surface area contributed by atoms with Crippen molar-refractivity contribution in [3.8, 4) is 5.75 Å². The van der Waals surface area contributed by atoms with E-state index in [1.165, 1.54) is 12.1 Å². The number of hydrogen-bond acceptors (Lipinski definition) is 5. The first-order chi connectivity index (χ1) is 16.2. The maximum absolute atomic E-state index is 13.2. The van der Waals surface area contributed by atoms with E-state index in [4.69, 9.17) is 4.74 Å². The summed E-state index contributed by atoms with van der Waals surface area (Å²) in [5.41, 5.74) is 1.85. The monoisotopic (exact) mass is 466 g/mol. The highest BCUT2D eigenvalue weighted by molar-refractivity contribution is 6.03. The summed E-state index contributed by atoms with van der Waals surface area (Å²) < 4.78 is 5.73. The second-order valence-electron chi connectivity index (χ2n) is 8.93. The zero-order valence-corrected chi connectivity index (χ0v) is 20.3. The number of rotatable bonds is 9. The van der Waals surface area contributed by atoms with Crippen LogP contribution in [0.15, 0.2) is 48.5 Å².